The van der Waals surface area contributed by atoms with Crippen molar-refractivity contribution in [1.82, 2.24) is 24.9 Å². The highest BCUT2D eigenvalue weighted by molar-refractivity contribution is 6.31. The van der Waals surface area contributed by atoms with E-state index in [4.69, 9.17) is 23.2 Å². The molecule has 0 spiro atoms. The predicted molar refractivity (Wildman–Crippen MR) is 117 cm³/mol. The maximum absolute atomic E-state index is 13.6. The van der Waals surface area contributed by atoms with Gasteiger partial charge in [-0.1, -0.05) is 30.1 Å². The Morgan fingerprint density at radius 1 is 1.17 bits per heavy atom. The van der Waals surface area contributed by atoms with Gasteiger partial charge in [0.05, 0.1) is 34.7 Å². The minimum atomic E-state index is -0.0543. The average molecular weight is 445 g/mol. The molecule has 1 aromatic carbocycles. The quantitative estimate of drug-likeness (QED) is 0.633. The van der Waals surface area contributed by atoms with Crippen LogP contribution in [0.3, 0.4) is 0 Å². The van der Waals surface area contributed by atoms with Crippen molar-refractivity contribution in [3.63, 3.8) is 0 Å². The molecule has 9 heteroatoms. The highest BCUT2D eigenvalue weighted by Crippen LogP contribution is 2.28. The maximum Gasteiger partial charge on any atom is 0.256 e. The minimum absolute atomic E-state index is 0.0258. The van der Waals surface area contributed by atoms with Gasteiger partial charge in [-0.05, 0) is 49.1 Å². The molecule has 0 radical (unpaired) electrons. The first-order valence-electron chi connectivity index (χ1n) is 9.85. The van der Waals surface area contributed by atoms with Gasteiger partial charge in [0.25, 0.3) is 5.91 Å². The molecule has 1 aliphatic heterocycles. The third-order valence-corrected chi connectivity index (χ3v) is 5.88. The molecule has 4 rings (SSSR count). The average Bonchev–Trinajstić information content (AvgIpc) is 3.28. The van der Waals surface area contributed by atoms with E-state index in [9.17, 15) is 4.79 Å². The first-order chi connectivity index (χ1) is 14.5. The highest BCUT2D eigenvalue weighted by Gasteiger charge is 2.33. The smallest absolute Gasteiger partial charge is 0.256 e. The van der Waals surface area contributed by atoms with Gasteiger partial charge in [-0.3, -0.25) is 4.79 Å². The number of likely N-dealkylation sites (tertiary alicyclic amines) is 1. The lowest BCUT2D eigenvalue weighted by Crippen LogP contribution is -2.51. The van der Waals surface area contributed by atoms with Crippen molar-refractivity contribution in [3.8, 4) is 5.69 Å². The molecule has 30 heavy (non-hydrogen) atoms. The lowest BCUT2D eigenvalue weighted by atomic mass is 9.90. The monoisotopic (exact) mass is 444 g/mol. The normalized spacial score (nSPS) is 19.0. The number of rotatable bonds is 5. The topological polar surface area (TPSA) is 75.9 Å². The number of benzene rings is 1. The van der Waals surface area contributed by atoms with E-state index in [2.05, 4.69) is 27.4 Å². The molecule has 2 aromatic heterocycles. The van der Waals surface area contributed by atoms with E-state index in [0.29, 0.717) is 40.3 Å². The Morgan fingerprint density at radius 2 is 1.93 bits per heavy atom. The number of piperidine rings is 1. The fraction of sp³-hybridized carbons (Fsp3) is 0.333. The van der Waals surface area contributed by atoms with E-state index in [1.165, 1.54) is 4.80 Å². The zero-order valence-electron chi connectivity index (χ0n) is 16.5. The summed E-state index contributed by atoms with van der Waals surface area (Å²) in [6.07, 6.45) is 6.78. The first-order valence-corrected chi connectivity index (χ1v) is 10.6. The fourth-order valence-electron chi connectivity index (χ4n) is 3.85. The van der Waals surface area contributed by atoms with Gasteiger partial charge in [-0.15, -0.1) is 0 Å². The van der Waals surface area contributed by atoms with Crippen LogP contribution in [-0.4, -0.2) is 49.9 Å². The van der Waals surface area contributed by atoms with Gasteiger partial charge >= 0.3 is 0 Å². The van der Waals surface area contributed by atoms with Crippen LogP contribution in [0, 0.1) is 5.92 Å². The second-order valence-corrected chi connectivity index (χ2v) is 8.28. The van der Waals surface area contributed by atoms with E-state index in [1.807, 2.05) is 11.0 Å². The van der Waals surface area contributed by atoms with Crippen molar-refractivity contribution >= 4 is 34.9 Å². The van der Waals surface area contributed by atoms with Crippen LogP contribution in [0.15, 0.2) is 48.9 Å². The van der Waals surface area contributed by atoms with E-state index in [0.717, 1.165) is 18.7 Å². The van der Waals surface area contributed by atoms with Crippen molar-refractivity contribution < 1.29 is 4.79 Å². The maximum atomic E-state index is 13.6. The van der Waals surface area contributed by atoms with Gasteiger partial charge in [0.2, 0.25) is 0 Å². The summed E-state index contributed by atoms with van der Waals surface area (Å²) in [6.45, 7) is 3.47. The number of carbonyl (C=O) groups excluding carboxylic acids is 1. The van der Waals surface area contributed by atoms with Crippen molar-refractivity contribution in [2.75, 3.05) is 18.4 Å². The molecule has 1 fully saturated rings. The molecule has 3 heterocycles. The Kier molecular flexibility index (Phi) is 6.20. The Bertz CT molecular complexity index is 1010. The summed E-state index contributed by atoms with van der Waals surface area (Å²) < 4.78 is 0. The van der Waals surface area contributed by atoms with Crippen LogP contribution in [0.2, 0.25) is 10.0 Å². The number of halogens is 2. The molecule has 3 aromatic rings. The van der Waals surface area contributed by atoms with Crippen molar-refractivity contribution in [2.45, 2.75) is 25.8 Å². The van der Waals surface area contributed by atoms with Gasteiger partial charge in [-0.2, -0.15) is 15.0 Å². The molecule has 0 saturated carbocycles. The molecule has 0 aliphatic carbocycles. The Balaban J connectivity index is 1.59. The molecule has 1 saturated heterocycles. The van der Waals surface area contributed by atoms with E-state index in [1.54, 1.807) is 42.9 Å². The van der Waals surface area contributed by atoms with Crippen molar-refractivity contribution in [2.24, 2.45) is 5.92 Å². The molecule has 1 aliphatic rings. The zero-order valence-corrected chi connectivity index (χ0v) is 18.0. The minimum Gasteiger partial charge on any atom is -0.368 e. The van der Waals surface area contributed by atoms with Gasteiger partial charge in [0.15, 0.2) is 0 Å². The first kappa shape index (κ1) is 20.6. The summed E-state index contributed by atoms with van der Waals surface area (Å²) in [4.78, 5) is 21.3. The van der Waals surface area contributed by atoms with Gasteiger partial charge < -0.3 is 10.2 Å². The second-order valence-electron chi connectivity index (χ2n) is 7.41. The number of amides is 1. The molecule has 2 atom stereocenters. The summed E-state index contributed by atoms with van der Waals surface area (Å²) >= 11 is 12.1. The van der Waals surface area contributed by atoms with Crippen LogP contribution >= 0.6 is 23.2 Å². The lowest BCUT2D eigenvalue weighted by molar-refractivity contribution is 0.0539. The summed E-state index contributed by atoms with van der Waals surface area (Å²) in [6, 6.07) is 8.84. The third kappa shape index (κ3) is 4.42. The molecule has 1 N–H and O–H groups in total. The van der Waals surface area contributed by atoms with E-state index >= 15 is 0 Å². The number of pyridine rings is 1. The molecule has 0 bridgehead atoms. The number of anilines is 1. The van der Waals surface area contributed by atoms with Crippen LogP contribution < -0.4 is 5.32 Å². The van der Waals surface area contributed by atoms with E-state index in [-0.39, 0.29) is 11.9 Å². The molecular formula is C21H22Cl2N6O. The molecular weight excluding hydrogens is 423 g/mol. The summed E-state index contributed by atoms with van der Waals surface area (Å²) in [7, 11) is 0. The molecule has 1 amide bonds. The zero-order chi connectivity index (χ0) is 21.1. The highest BCUT2D eigenvalue weighted by atomic mass is 35.5. The number of nitrogens with one attached hydrogen (secondary N) is 1. The SMILES string of the molecule is C[C@@H]1CCCN(C(=O)c2ccc(Cl)cc2-n2nccn2)[C@@H]1CNc1ccc(Cl)cn1. The van der Waals surface area contributed by atoms with Gasteiger partial charge in [0.1, 0.15) is 5.82 Å². The Morgan fingerprint density at radius 3 is 2.67 bits per heavy atom. The van der Waals surface area contributed by atoms with Crippen LogP contribution in [0.1, 0.15) is 30.1 Å². The number of carbonyl (C=O) groups is 1. The summed E-state index contributed by atoms with van der Waals surface area (Å²) in [5, 5.41) is 12.8. The van der Waals surface area contributed by atoms with Crippen molar-refractivity contribution in [3.05, 3.63) is 64.5 Å². The number of aromatic nitrogens is 4. The largest absolute Gasteiger partial charge is 0.368 e. The van der Waals surface area contributed by atoms with Crippen LogP contribution in [0.4, 0.5) is 5.82 Å². The second kappa shape index (κ2) is 9.02. The summed E-state index contributed by atoms with van der Waals surface area (Å²) in [5.74, 6) is 1.03. The Labute approximate surface area is 185 Å². The van der Waals surface area contributed by atoms with Gasteiger partial charge in [0, 0.05) is 24.3 Å². The van der Waals surface area contributed by atoms with Crippen LogP contribution in [0.5, 0.6) is 0 Å². The number of nitrogens with zero attached hydrogens (tertiary/aromatic N) is 5. The van der Waals surface area contributed by atoms with Crippen molar-refractivity contribution in [1.29, 1.82) is 0 Å². The Hall–Kier alpha value is -2.64. The predicted octanol–water partition coefficient (Wildman–Crippen LogP) is 4.32. The standard InChI is InChI=1S/C21H22Cl2N6O/c1-14-3-2-10-28(19(14)13-25-20-7-5-16(23)12-24-20)21(30)17-6-4-15(22)11-18(17)29-26-8-9-27-29/h4-9,11-12,14,19H,2-3,10,13H2,1H3,(H,24,25)/t14-,19-/m1/s1. The molecule has 156 valence electrons. The summed E-state index contributed by atoms with van der Waals surface area (Å²) in [5.41, 5.74) is 1.10. The molecule has 0 unspecified atom stereocenters. The van der Waals surface area contributed by atoms with Crippen LogP contribution in [0.25, 0.3) is 5.69 Å². The third-order valence-electron chi connectivity index (χ3n) is 5.42. The lowest BCUT2D eigenvalue weighted by Gasteiger charge is -2.40. The van der Waals surface area contributed by atoms with Gasteiger partial charge in [-0.25, -0.2) is 4.98 Å². The van der Waals surface area contributed by atoms with E-state index < -0.39 is 0 Å². The van der Waals surface area contributed by atoms with Crippen LogP contribution in [-0.2, 0) is 0 Å². The number of hydrogen-bond acceptors (Lipinski definition) is 5. The number of hydrogen-bond donors (Lipinski definition) is 1. The fourth-order valence-corrected chi connectivity index (χ4v) is 4.13. The molecule has 7 nitrogen and oxygen atoms in total.